The van der Waals surface area contributed by atoms with E-state index in [-0.39, 0.29) is 18.0 Å². The molecule has 0 radical (unpaired) electrons. The van der Waals surface area contributed by atoms with Gasteiger partial charge >= 0.3 is 10.8 Å². The summed E-state index contributed by atoms with van der Waals surface area (Å²) in [5.41, 5.74) is 1.95. The van der Waals surface area contributed by atoms with Crippen LogP contribution >= 0.6 is 23.1 Å². The van der Waals surface area contributed by atoms with Gasteiger partial charge in [-0.05, 0) is 54.3 Å². The number of nitrogens with one attached hydrogen (secondary N) is 1. The number of hydrogen-bond acceptors (Lipinski definition) is 9. The molecule has 0 saturated carbocycles. The molecule has 3 aromatic carbocycles. The molecule has 1 saturated heterocycles. The molecule has 3 atom stereocenters. The third kappa shape index (κ3) is 5.09. The Morgan fingerprint density at radius 2 is 1.72 bits per heavy atom. The lowest BCUT2D eigenvalue weighted by Gasteiger charge is -2.30. The predicted molar refractivity (Wildman–Crippen MR) is 175 cm³/mol. The van der Waals surface area contributed by atoms with Gasteiger partial charge in [-0.3, -0.25) is 28.7 Å². The van der Waals surface area contributed by atoms with Gasteiger partial charge < -0.3 is 10.1 Å². The number of carbonyl (C=O) groups is 4. The van der Waals surface area contributed by atoms with Crippen molar-refractivity contribution < 1.29 is 23.9 Å². The SMILES string of the molecule is CCOC(=O)c1ccc(N2C(=O)C3Sc4c(sc(=O)n4CC(=O)Nc4cccc5ccccc45)[C@H](c4cccnc4)C3C2=O)cc1. The Balaban J connectivity index is 1.23. The number of amides is 3. The molecule has 1 fully saturated rings. The summed E-state index contributed by atoms with van der Waals surface area (Å²) in [6.45, 7) is 1.67. The Bertz CT molecular complexity index is 2070. The summed E-state index contributed by atoms with van der Waals surface area (Å²) in [6.07, 6.45) is 3.25. The van der Waals surface area contributed by atoms with Crippen molar-refractivity contribution in [2.24, 2.45) is 5.92 Å². The molecule has 2 aliphatic rings. The van der Waals surface area contributed by atoms with Gasteiger partial charge in [0.1, 0.15) is 11.8 Å². The molecule has 0 aliphatic carbocycles. The minimum Gasteiger partial charge on any atom is -0.462 e. The molecule has 46 heavy (non-hydrogen) atoms. The second kappa shape index (κ2) is 12.0. The highest BCUT2D eigenvalue weighted by Gasteiger charge is 2.57. The normalized spacial score (nSPS) is 18.7. The fourth-order valence-corrected chi connectivity index (χ4v) is 8.83. The molecular weight excluding hydrogens is 625 g/mol. The van der Waals surface area contributed by atoms with Crippen LogP contribution in [-0.4, -0.2) is 45.1 Å². The zero-order valence-electron chi connectivity index (χ0n) is 24.4. The number of pyridine rings is 1. The molecule has 0 bridgehead atoms. The van der Waals surface area contributed by atoms with Crippen LogP contribution in [0.5, 0.6) is 0 Å². The first-order valence-electron chi connectivity index (χ1n) is 14.6. The fraction of sp³-hybridized carbons (Fsp3) is 0.176. The summed E-state index contributed by atoms with van der Waals surface area (Å²) in [5, 5.41) is 4.41. The topological polar surface area (TPSA) is 128 Å². The monoisotopic (exact) mass is 650 g/mol. The molecule has 4 heterocycles. The first kappa shape index (κ1) is 29.6. The number of carbonyl (C=O) groups excluding carboxylic acids is 4. The Kier molecular flexibility index (Phi) is 7.75. The van der Waals surface area contributed by atoms with Crippen molar-refractivity contribution >= 4 is 68.9 Å². The van der Waals surface area contributed by atoms with E-state index >= 15 is 0 Å². The van der Waals surface area contributed by atoms with E-state index in [1.165, 1.54) is 16.7 Å². The van der Waals surface area contributed by atoms with Gasteiger partial charge in [0, 0.05) is 34.3 Å². The van der Waals surface area contributed by atoms with Gasteiger partial charge in [0.2, 0.25) is 17.7 Å². The average molecular weight is 651 g/mol. The van der Waals surface area contributed by atoms with Gasteiger partial charge in [0.15, 0.2) is 0 Å². The molecule has 5 aromatic rings. The van der Waals surface area contributed by atoms with E-state index in [0.717, 1.165) is 38.8 Å². The number of imide groups is 1. The number of rotatable bonds is 7. The number of anilines is 2. The van der Waals surface area contributed by atoms with Gasteiger partial charge in [0.05, 0.1) is 28.8 Å². The van der Waals surface area contributed by atoms with E-state index in [4.69, 9.17) is 4.74 Å². The van der Waals surface area contributed by atoms with Crippen LogP contribution < -0.4 is 15.1 Å². The molecule has 2 aromatic heterocycles. The van der Waals surface area contributed by atoms with Crippen molar-refractivity contribution in [3.8, 4) is 0 Å². The first-order chi connectivity index (χ1) is 22.4. The highest BCUT2D eigenvalue weighted by molar-refractivity contribution is 8.00. The molecule has 2 unspecified atom stereocenters. The highest BCUT2D eigenvalue weighted by Crippen LogP contribution is 2.53. The number of nitrogens with zero attached hydrogens (tertiary/aromatic N) is 3. The lowest BCUT2D eigenvalue weighted by Crippen LogP contribution is -2.33. The summed E-state index contributed by atoms with van der Waals surface area (Å²) in [5.74, 6) is -3.18. The second-order valence-corrected chi connectivity index (χ2v) is 12.9. The minimum absolute atomic E-state index is 0.222. The van der Waals surface area contributed by atoms with Crippen molar-refractivity contribution in [2.45, 2.75) is 29.7 Å². The number of hydrogen-bond donors (Lipinski definition) is 1. The van der Waals surface area contributed by atoms with Gasteiger partial charge in [-0.1, -0.05) is 65.6 Å². The van der Waals surface area contributed by atoms with Gasteiger partial charge in [-0.25, -0.2) is 9.69 Å². The van der Waals surface area contributed by atoms with Crippen LogP contribution in [-0.2, 0) is 25.7 Å². The Labute approximate surface area is 271 Å². The van der Waals surface area contributed by atoms with E-state index in [2.05, 4.69) is 10.3 Å². The zero-order valence-corrected chi connectivity index (χ0v) is 26.0. The van der Waals surface area contributed by atoms with Gasteiger partial charge in [-0.15, -0.1) is 0 Å². The van der Waals surface area contributed by atoms with Crippen LogP contribution in [0.15, 0.2) is 101 Å². The van der Waals surface area contributed by atoms with E-state index in [1.54, 1.807) is 43.6 Å². The Morgan fingerprint density at radius 3 is 2.48 bits per heavy atom. The summed E-state index contributed by atoms with van der Waals surface area (Å²) >= 11 is 2.11. The number of ether oxygens (including phenoxy) is 1. The van der Waals surface area contributed by atoms with Crippen LogP contribution in [0.1, 0.15) is 33.6 Å². The summed E-state index contributed by atoms with van der Waals surface area (Å²) in [6, 6.07) is 23.0. The van der Waals surface area contributed by atoms with Crippen LogP contribution in [0.25, 0.3) is 10.8 Å². The van der Waals surface area contributed by atoms with Gasteiger partial charge in [0.25, 0.3) is 0 Å². The molecule has 7 rings (SSSR count). The van der Waals surface area contributed by atoms with Crippen molar-refractivity contribution in [1.29, 1.82) is 0 Å². The molecule has 12 heteroatoms. The molecule has 2 aliphatic heterocycles. The second-order valence-electron chi connectivity index (χ2n) is 10.8. The van der Waals surface area contributed by atoms with E-state index in [0.29, 0.717) is 32.4 Å². The largest absolute Gasteiger partial charge is 0.462 e. The highest BCUT2D eigenvalue weighted by atomic mass is 32.2. The van der Waals surface area contributed by atoms with Crippen molar-refractivity contribution in [3.63, 3.8) is 0 Å². The van der Waals surface area contributed by atoms with Crippen molar-refractivity contribution in [1.82, 2.24) is 9.55 Å². The standard InChI is InChI=1S/C34H26N4O6S2/c1-2-44-33(42)20-12-14-22(15-13-20)38-30(40)27-26(21-9-6-16-35-17-21)29-32(45-28(27)31(38)41)37(34(43)46-29)18-25(39)36-24-11-5-8-19-7-3-4-10-23(19)24/h3-17,26-28H,2,18H2,1H3,(H,36,39)/t26-,27?,28?/m1/s1. The van der Waals surface area contributed by atoms with E-state index < -0.39 is 40.8 Å². The number of thioether (sulfide) groups is 1. The Morgan fingerprint density at radius 1 is 0.935 bits per heavy atom. The zero-order chi connectivity index (χ0) is 31.9. The lowest BCUT2D eigenvalue weighted by atomic mass is 9.84. The maximum atomic E-state index is 14.1. The molecule has 10 nitrogen and oxygen atoms in total. The quantitative estimate of drug-likeness (QED) is 0.191. The van der Waals surface area contributed by atoms with Crippen LogP contribution in [0, 0.1) is 5.92 Å². The molecular formula is C34H26N4O6S2. The third-order valence-electron chi connectivity index (χ3n) is 8.09. The maximum absolute atomic E-state index is 14.1. The summed E-state index contributed by atoms with van der Waals surface area (Å²) < 4.78 is 6.44. The molecule has 3 amide bonds. The molecule has 230 valence electrons. The van der Waals surface area contributed by atoms with Crippen molar-refractivity contribution in [3.05, 3.63) is 117 Å². The predicted octanol–water partition coefficient (Wildman–Crippen LogP) is 5.07. The Hall–Kier alpha value is -5.07. The van der Waals surface area contributed by atoms with E-state index in [9.17, 15) is 24.0 Å². The number of benzene rings is 3. The third-order valence-corrected chi connectivity index (χ3v) is 10.7. The minimum atomic E-state index is -0.851. The number of aromatic nitrogens is 2. The molecule has 1 N–H and O–H groups in total. The molecule has 0 spiro atoms. The van der Waals surface area contributed by atoms with Crippen LogP contribution in [0.2, 0.25) is 0 Å². The smallest absolute Gasteiger partial charge is 0.338 e. The number of fused-ring (bicyclic) bond motifs is 3. The fourth-order valence-electron chi connectivity index (χ4n) is 6.06. The summed E-state index contributed by atoms with van der Waals surface area (Å²) in [7, 11) is 0. The lowest BCUT2D eigenvalue weighted by molar-refractivity contribution is -0.122. The number of esters is 1. The maximum Gasteiger partial charge on any atom is 0.338 e. The van der Waals surface area contributed by atoms with Gasteiger partial charge in [-0.2, -0.15) is 0 Å². The average Bonchev–Trinajstić information content (AvgIpc) is 3.51. The van der Waals surface area contributed by atoms with Crippen LogP contribution in [0.4, 0.5) is 11.4 Å². The summed E-state index contributed by atoms with van der Waals surface area (Å²) in [4.78, 5) is 72.7. The van der Waals surface area contributed by atoms with Crippen LogP contribution in [0.3, 0.4) is 0 Å². The first-order valence-corrected chi connectivity index (χ1v) is 16.3. The number of thiazole rings is 1. The van der Waals surface area contributed by atoms with Crippen molar-refractivity contribution in [2.75, 3.05) is 16.8 Å². The van der Waals surface area contributed by atoms with E-state index in [1.807, 2.05) is 42.5 Å².